The third kappa shape index (κ3) is 6.93. The van der Waals surface area contributed by atoms with Crippen molar-refractivity contribution >= 4 is 23.3 Å². The number of likely N-dealkylation sites (N-methyl/N-ethyl adjacent to an activating group) is 1. The van der Waals surface area contributed by atoms with Gasteiger partial charge in [-0.2, -0.15) is 0 Å². The molecule has 0 aromatic carbocycles. The predicted octanol–water partition coefficient (Wildman–Crippen LogP) is 0.387. The predicted molar refractivity (Wildman–Crippen MR) is 76.2 cm³/mol. The van der Waals surface area contributed by atoms with E-state index in [1.165, 1.54) is 4.88 Å². The number of hydrogen-bond donors (Lipinski definition) is 3. The normalized spacial score (nSPS) is 12.8. The number of carbonyl (C=O) groups excluding carboxylic acids is 2. The second-order valence-corrected chi connectivity index (χ2v) is 6.67. The summed E-state index contributed by atoms with van der Waals surface area (Å²) in [6, 6.07) is 3.59. The molecule has 1 rings (SSSR count). The Kier molecular flexibility index (Phi) is 5.50. The molecule has 106 valence electrons. The SMILES string of the molecule is C[NH+](CC(=O)NC(=O)NC(C)(C)C)Cc1cccs1. The van der Waals surface area contributed by atoms with Crippen LogP contribution >= 0.6 is 11.3 Å². The smallest absolute Gasteiger partial charge is 0.322 e. The van der Waals surface area contributed by atoms with E-state index in [2.05, 4.69) is 10.6 Å². The lowest BCUT2D eigenvalue weighted by Crippen LogP contribution is -3.08. The summed E-state index contributed by atoms with van der Waals surface area (Å²) in [5.41, 5.74) is -0.347. The van der Waals surface area contributed by atoms with Crippen molar-refractivity contribution in [2.75, 3.05) is 13.6 Å². The van der Waals surface area contributed by atoms with E-state index in [9.17, 15) is 9.59 Å². The van der Waals surface area contributed by atoms with Gasteiger partial charge in [0.05, 0.1) is 11.9 Å². The fourth-order valence-corrected chi connectivity index (χ4v) is 2.41. The minimum Gasteiger partial charge on any atom is -0.333 e. The van der Waals surface area contributed by atoms with Crippen molar-refractivity contribution < 1.29 is 14.5 Å². The Morgan fingerprint density at radius 2 is 2.05 bits per heavy atom. The van der Waals surface area contributed by atoms with Gasteiger partial charge in [0.1, 0.15) is 6.54 Å². The molecule has 0 saturated carbocycles. The number of nitrogens with one attached hydrogen (secondary N) is 3. The number of hydrogen-bond acceptors (Lipinski definition) is 3. The highest BCUT2D eigenvalue weighted by molar-refractivity contribution is 7.09. The molecule has 0 aliphatic rings. The van der Waals surface area contributed by atoms with Crippen LogP contribution in [0.1, 0.15) is 25.6 Å². The van der Waals surface area contributed by atoms with Gasteiger partial charge in [-0.25, -0.2) is 4.79 Å². The molecule has 6 heteroatoms. The molecule has 1 aromatic rings. The second-order valence-electron chi connectivity index (χ2n) is 5.64. The number of imide groups is 1. The lowest BCUT2D eigenvalue weighted by atomic mass is 10.1. The maximum absolute atomic E-state index is 11.7. The largest absolute Gasteiger partial charge is 0.333 e. The van der Waals surface area contributed by atoms with E-state index in [0.29, 0.717) is 0 Å². The highest BCUT2D eigenvalue weighted by Crippen LogP contribution is 2.05. The van der Waals surface area contributed by atoms with Crippen LogP contribution in [-0.4, -0.2) is 31.1 Å². The minimum absolute atomic E-state index is 0.268. The van der Waals surface area contributed by atoms with E-state index in [0.717, 1.165) is 11.4 Å². The molecule has 0 aliphatic heterocycles. The molecule has 3 amide bonds. The Bertz CT molecular complexity index is 424. The van der Waals surface area contributed by atoms with Gasteiger partial charge >= 0.3 is 6.03 Å². The summed E-state index contributed by atoms with van der Waals surface area (Å²) in [5.74, 6) is -0.268. The summed E-state index contributed by atoms with van der Waals surface area (Å²) in [6.07, 6.45) is 0. The zero-order valence-corrected chi connectivity index (χ0v) is 12.7. The van der Waals surface area contributed by atoms with Crippen molar-refractivity contribution in [3.63, 3.8) is 0 Å². The summed E-state index contributed by atoms with van der Waals surface area (Å²) in [6.45, 7) is 6.66. The Hall–Kier alpha value is -1.40. The molecule has 0 spiro atoms. The molecule has 0 saturated heterocycles. The Morgan fingerprint density at radius 1 is 1.37 bits per heavy atom. The molecule has 5 nitrogen and oxygen atoms in total. The van der Waals surface area contributed by atoms with E-state index < -0.39 is 6.03 Å². The van der Waals surface area contributed by atoms with Crippen molar-refractivity contribution in [2.24, 2.45) is 0 Å². The first kappa shape index (κ1) is 15.7. The van der Waals surface area contributed by atoms with E-state index in [1.807, 2.05) is 45.3 Å². The van der Waals surface area contributed by atoms with E-state index >= 15 is 0 Å². The Labute approximate surface area is 118 Å². The third-order valence-electron chi connectivity index (χ3n) is 2.26. The maximum atomic E-state index is 11.7. The van der Waals surface area contributed by atoms with Crippen molar-refractivity contribution in [2.45, 2.75) is 32.9 Å². The van der Waals surface area contributed by atoms with E-state index in [1.54, 1.807) is 11.3 Å². The molecule has 1 aromatic heterocycles. The van der Waals surface area contributed by atoms with Gasteiger partial charge in [-0.05, 0) is 32.2 Å². The molecule has 1 unspecified atom stereocenters. The van der Waals surface area contributed by atoms with Gasteiger partial charge < -0.3 is 10.2 Å². The topological polar surface area (TPSA) is 62.6 Å². The molecule has 0 bridgehead atoms. The first-order valence-electron chi connectivity index (χ1n) is 6.22. The molecule has 19 heavy (non-hydrogen) atoms. The van der Waals surface area contributed by atoms with Crippen LogP contribution in [0.15, 0.2) is 17.5 Å². The van der Waals surface area contributed by atoms with E-state index in [4.69, 9.17) is 0 Å². The molecule has 3 N–H and O–H groups in total. The fourth-order valence-electron chi connectivity index (χ4n) is 1.59. The first-order valence-corrected chi connectivity index (χ1v) is 7.10. The zero-order valence-electron chi connectivity index (χ0n) is 11.9. The van der Waals surface area contributed by atoms with Crippen molar-refractivity contribution in [1.29, 1.82) is 0 Å². The molecular formula is C13H22N3O2S+. The summed E-state index contributed by atoms with van der Waals surface area (Å²) in [4.78, 5) is 25.5. The average Bonchev–Trinajstić information content (AvgIpc) is 2.65. The minimum atomic E-state index is -0.443. The van der Waals surface area contributed by atoms with Crippen molar-refractivity contribution in [3.8, 4) is 0 Å². The zero-order chi connectivity index (χ0) is 14.5. The molecule has 0 radical (unpaired) electrons. The summed E-state index contributed by atoms with van der Waals surface area (Å²) in [5, 5.41) is 7.04. The maximum Gasteiger partial charge on any atom is 0.322 e. The lowest BCUT2D eigenvalue weighted by Gasteiger charge is -2.20. The standard InChI is InChI=1S/C13H21N3O2S/c1-13(2,3)15-12(18)14-11(17)9-16(4)8-10-6-5-7-19-10/h5-7H,8-9H2,1-4H3,(H2,14,15,17,18)/p+1. The number of rotatable bonds is 4. The van der Waals surface area contributed by atoms with Crippen molar-refractivity contribution in [1.82, 2.24) is 10.6 Å². The number of quaternary nitrogens is 1. The van der Waals surface area contributed by atoms with Crippen LogP contribution in [0, 0.1) is 0 Å². The number of carbonyl (C=O) groups is 2. The van der Waals surface area contributed by atoms with Gasteiger partial charge in [-0.3, -0.25) is 10.1 Å². The quantitative estimate of drug-likeness (QED) is 0.749. The van der Waals surface area contributed by atoms with Crippen LogP contribution in [0.3, 0.4) is 0 Å². The molecule has 0 fully saturated rings. The van der Waals surface area contributed by atoms with Gasteiger partial charge in [-0.15, -0.1) is 11.3 Å². The van der Waals surface area contributed by atoms with E-state index in [-0.39, 0.29) is 18.0 Å². The van der Waals surface area contributed by atoms with Gasteiger partial charge in [0.25, 0.3) is 5.91 Å². The molecule has 0 aliphatic carbocycles. The number of amides is 3. The summed E-state index contributed by atoms with van der Waals surface area (Å²) < 4.78 is 0. The number of thiophene rings is 1. The monoisotopic (exact) mass is 284 g/mol. The highest BCUT2D eigenvalue weighted by Gasteiger charge is 2.17. The third-order valence-corrected chi connectivity index (χ3v) is 3.14. The average molecular weight is 284 g/mol. The molecule has 1 atom stereocenters. The van der Waals surface area contributed by atoms with Crippen LogP contribution in [0.2, 0.25) is 0 Å². The van der Waals surface area contributed by atoms with Crippen molar-refractivity contribution in [3.05, 3.63) is 22.4 Å². The summed E-state index contributed by atoms with van der Waals surface area (Å²) >= 11 is 1.67. The lowest BCUT2D eigenvalue weighted by molar-refractivity contribution is -0.885. The van der Waals surface area contributed by atoms with Crippen LogP contribution < -0.4 is 15.5 Å². The van der Waals surface area contributed by atoms with Gasteiger partial charge in [0, 0.05) is 5.54 Å². The number of urea groups is 1. The first-order chi connectivity index (χ1) is 8.76. The van der Waals surface area contributed by atoms with Crippen LogP contribution in [-0.2, 0) is 11.3 Å². The Morgan fingerprint density at radius 3 is 2.58 bits per heavy atom. The second kappa shape index (κ2) is 6.68. The van der Waals surface area contributed by atoms with Gasteiger partial charge in [0.2, 0.25) is 0 Å². The summed E-state index contributed by atoms with van der Waals surface area (Å²) in [7, 11) is 1.93. The Balaban J connectivity index is 2.32. The highest BCUT2D eigenvalue weighted by atomic mass is 32.1. The van der Waals surface area contributed by atoms with Gasteiger partial charge in [-0.1, -0.05) is 6.07 Å². The van der Waals surface area contributed by atoms with Crippen LogP contribution in [0.5, 0.6) is 0 Å². The fraction of sp³-hybridized carbons (Fsp3) is 0.538. The van der Waals surface area contributed by atoms with Crippen LogP contribution in [0.25, 0.3) is 0 Å². The molecular weight excluding hydrogens is 262 g/mol. The van der Waals surface area contributed by atoms with Crippen LogP contribution in [0.4, 0.5) is 4.79 Å². The molecule has 1 heterocycles. The van der Waals surface area contributed by atoms with Gasteiger partial charge in [0.15, 0.2) is 6.54 Å².